The number of imidazole rings is 2. The van der Waals surface area contributed by atoms with Crippen LogP contribution in [0.3, 0.4) is 0 Å². The molecule has 3 heterocycles. The van der Waals surface area contributed by atoms with Gasteiger partial charge in [-0.05, 0) is 24.3 Å². The summed E-state index contributed by atoms with van der Waals surface area (Å²) in [5.41, 5.74) is 5.63. The molecule has 5 aromatic rings. The standard InChI is InChI=1S/C22H17ClN6O/c1-28-17-7-6-14(11-18(17)29(2)22(28)30)20-19(13-4-3-5-15(23)10-13)26-21(27-20)16-12-24-8-9-25-16/h3-12H,1-2H3,(H,26,27). The Morgan fingerprint density at radius 2 is 1.80 bits per heavy atom. The third kappa shape index (κ3) is 2.91. The molecular weight excluding hydrogens is 400 g/mol. The maximum Gasteiger partial charge on any atom is 0.328 e. The third-order valence-electron chi connectivity index (χ3n) is 5.17. The van der Waals surface area contributed by atoms with Gasteiger partial charge < -0.3 is 4.98 Å². The van der Waals surface area contributed by atoms with E-state index in [0.717, 1.165) is 33.5 Å². The zero-order valence-electron chi connectivity index (χ0n) is 16.3. The highest BCUT2D eigenvalue weighted by Gasteiger charge is 2.18. The number of fused-ring (bicyclic) bond motifs is 1. The molecule has 5 rings (SSSR count). The molecule has 0 aliphatic rings. The van der Waals surface area contributed by atoms with Crippen LogP contribution in [0.1, 0.15) is 0 Å². The highest BCUT2D eigenvalue weighted by Crippen LogP contribution is 2.34. The Morgan fingerprint density at radius 3 is 2.57 bits per heavy atom. The second-order valence-corrected chi connectivity index (χ2v) is 7.45. The molecule has 0 fully saturated rings. The first-order valence-electron chi connectivity index (χ1n) is 9.31. The molecule has 0 spiro atoms. The maximum absolute atomic E-state index is 12.3. The van der Waals surface area contributed by atoms with Gasteiger partial charge in [0.25, 0.3) is 0 Å². The highest BCUT2D eigenvalue weighted by molar-refractivity contribution is 6.30. The van der Waals surface area contributed by atoms with Crippen LogP contribution in [0.5, 0.6) is 0 Å². The average Bonchev–Trinajstić information content (AvgIpc) is 3.31. The van der Waals surface area contributed by atoms with E-state index in [9.17, 15) is 4.79 Å². The lowest BCUT2D eigenvalue weighted by Crippen LogP contribution is -2.19. The van der Waals surface area contributed by atoms with E-state index in [1.807, 2.05) is 42.5 Å². The number of nitrogens with zero attached hydrogens (tertiary/aromatic N) is 5. The summed E-state index contributed by atoms with van der Waals surface area (Å²) in [6.45, 7) is 0. The predicted molar refractivity (Wildman–Crippen MR) is 117 cm³/mol. The van der Waals surface area contributed by atoms with Crippen LogP contribution in [0, 0.1) is 0 Å². The van der Waals surface area contributed by atoms with Gasteiger partial charge in [-0.2, -0.15) is 0 Å². The summed E-state index contributed by atoms with van der Waals surface area (Å²) < 4.78 is 3.27. The molecule has 0 radical (unpaired) electrons. The third-order valence-corrected chi connectivity index (χ3v) is 5.40. The van der Waals surface area contributed by atoms with Gasteiger partial charge in [-0.1, -0.05) is 29.8 Å². The Morgan fingerprint density at radius 1 is 0.967 bits per heavy atom. The smallest absolute Gasteiger partial charge is 0.328 e. The zero-order chi connectivity index (χ0) is 20.8. The van der Waals surface area contributed by atoms with Crippen molar-refractivity contribution in [3.8, 4) is 34.0 Å². The summed E-state index contributed by atoms with van der Waals surface area (Å²) in [6.07, 6.45) is 4.91. The molecule has 0 unspecified atom stereocenters. The number of aromatic nitrogens is 6. The number of aromatic amines is 1. The van der Waals surface area contributed by atoms with Gasteiger partial charge in [0, 0.05) is 42.6 Å². The van der Waals surface area contributed by atoms with Crippen molar-refractivity contribution < 1.29 is 0 Å². The second kappa shape index (κ2) is 6.96. The second-order valence-electron chi connectivity index (χ2n) is 7.01. The van der Waals surface area contributed by atoms with E-state index < -0.39 is 0 Å². The Balaban J connectivity index is 1.76. The molecule has 0 atom stereocenters. The fourth-order valence-corrected chi connectivity index (χ4v) is 3.82. The quantitative estimate of drug-likeness (QED) is 0.481. The van der Waals surface area contributed by atoms with Crippen LogP contribution in [0.4, 0.5) is 0 Å². The van der Waals surface area contributed by atoms with Crippen molar-refractivity contribution in [1.29, 1.82) is 0 Å². The monoisotopic (exact) mass is 416 g/mol. The van der Waals surface area contributed by atoms with Crippen LogP contribution >= 0.6 is 11.6 Å². The molecule has 0 aliphatic heterocycles. The van der Waals surface area contributed by atoms with Crippen LogP contribution in [-0.4, -0.2) is 29.1 Å². The molecule has 30 heavy (non-hydrogen) atoms. The van der Waals surface area contributed by atoms with E-state index in [4.69, 9.17) is 16.6 Å². The lowest BCUT2D eigenvalue weighted by molar-refractivity contribution is 0.795. The molecule has 0 saturated heterocycles. The van der Waals surface area contributed by atoms with Crippen LogP contribution in [0.15, 0.2) is 65.8 Å². The number of H-pyrrole nitrogens is 1. The first-order chi connectivity index (χ1) is 14.5. The highest BCUT2D eigenvalue weighted by atomic mass is 35.5. The van der Waals surface area contributed by atoms with Crippen LogP contribution < -0.4 is 5.69 Å². The Kier molecular flexibility index (Phi) is 4.25. The Labute approximate surface area is 176 Å². The minimum Gasteiger partial charge on any atom is -0.336 e. The van der Waals surface area contributed by atoms with Crippen molar-refractivity contribution in [3.63, 3.8) is 0 Å². The number of halogens is 1. The van der Waals surface area contributed by atoms with Crippen LogP contribution in [0.25, 0.3) is 45.1 Å². The van der Waals surface area contributed by atoms with Gasteiger partial charge in [-0.3, -0.25) is 14.1 Å². The summed E-state index contributed by atoms with van der Waals surface area (Å²) >= 11 is 6.23. The normalized spacial score (nSPS) is 11.3. The van der Waals surface area contributed by atoms with Gasteiger partial charge >= 0.3 is 5.69 Å². The minimum absolute atomic E-state index is 0.0675. The van der Waals surface area contributed by atoms with E-state index in [1.54, 1.807) is 41.8 Å². The summed E-state index contributed by atoms with van der Waals surface area (Å²) in [7, 11) is 3.54. The van der Waals surface area contributed by atoms with E-state index >= 15 is 0 Å². The maximum atomic E-state index is 12.3. The van der Waals surface area contributed by atoms with Crippen molar-refractivity contribution in [2.45, 2.75) is 0 Å². The summed E-state index contributed by atoms with van der Waals surface area (Å²) in [5, 5.41) is 0.628. The van der Waals surface area contributed by atoms with Gasteiger partial charge in [0.05, 0.1) is 28.6 Å². The van der Waals surface area contributed by atoms with Gasteiger partial charge in [-0.25, -0.2) is 14.8 Å². The van der Waals surface area contributed by atoms with Crippen molar-refractivity contribution in [3.05, 3.63) is 76.6 Å². The van der Waals surface area contributed by atoms with E-state index in [1.165, 1.54) is 0 Å². The number of hydrogen-bond acceptors (Lipinski definition) is 4. The predicted octanol–water partition coefficient (Wildman–Crippen LogP) is 4.04. The van der Waals surface area contributed by atoms with Gasteiger partial charge in [0.1, 0.15) is 5.69 Å². The lowest BCUT2D eigenvalue weighted by atomic mass is 10.0. The average molecular weight is 417 g/mol. The molecule has 0 amide bonds. The van der Waals surface area contributed by atoms with E-state index in [-0.39, 0.29) is 5.69 Å². The molecule has 1 N–H and O–H groups in total. The summed E-state index contributed by atoms with van der Waals surface area (Å²) in [5.74, 6) is 0.607. The topological polar surface area (TPSA) is 81.4 Å². The number of aryl methyl sites for hydroxylation is 2. The minimum atomic E-state index is -0.0675. The van der Waals surface area contributed by atoms with Crippen molar-refractivity contribution in [2.75, 3.05) is 0 Å². The molecule has 7 nitrogen and oxygen atoms in total. The SMILES string of the molecule is Cn1c(=O)n(C)c2cc(-c3[nH]c(-c4cnccn4)nc3-c3cccc(Cl)c3)ccc21. The molecule has 3 aromatic heterocycles. The molecule has 2 aromatic carbocycles. The van der Waals surface area contributed by atoms with Crippen LogP contribution in [-0.2, 0) is 14.1 Å². The summed E-state index contributed by atoms with van der Waals surface area (Å²) in [4.78, 5) is 29.0. The van der Waals surface area contributed by atoms with Gasteiger partial charge in [-0.15, -0.1) is 0 Å². The van der Waals surface area contributed by atoms with Gasteiger partial charge in [0.2, 0.25) is 0 Å². The van der Waals surface area contributed by atoms with E-state index in [0.29, 0.717) is 16.5 Å². The van der Waals surface area contributed by atoms with Crippen molar-refractivity contribution >= 4 is 22.6 Å². The number of rotatable bonds is 3. The number of benzene rings is 2. The fraction of sp³-hybridized carbons (Fsp3) is 0.0909. The van der Waals surface area contributed by atoms with Crippen molar-refractivity contribution in [2.24, 2.45) is 14.1 Å². The number of nitrogens with one attached hydrogen (secondary N) is 1. The van der Waals surface area contributed by atoms with Crippen LogP contribution in [0.2, 0.25) is 5.02 Å². The largest absolute Gasteiger partial charge is 0.336 e. The fourth-order valence-electron chi connectivity index (χ4n) is 3.63. The Bertz CT molecular complexity index is 1450. The molecule has 8 heteroatoms. The zero-order valence-corrected chi connectivity index (χ0v) is 17.1. The molecule has 0 saturated carbocycles. The molecular formula is C22H17ClN6O. The lowest BCUT2D eigenvalue weighted by Gasteiger charge is -2.05. The molecule has 0 aliphatic carbocycles. The first kappa shape index (κ1) is 18.3. The van der Waals surface area contributed by atoms with E-state index in [2.05, 4.69) is 15.0 Å². The molecule has 0 bridgehead atoms. The Hall–Kier alpha value is -3.71. The summed E-state index contributed by atoms with van der Waals surface area (Å²) in [6, 6.07) is 13.5. The molecule has 148 valence electrons. The van der Waals surface area contributed by atoms with Crippen molar-refractivity contribution in [1.82, 2.24) is 29.1 Å². The first-order valence-corrected chi connectivity index (χ1v) is 9.69. The number of hydrogen-bond donors (Lipinski definition) is 1. The van der Waals surface area contributed by atoms with Gasteiger partial charge in [0.15, 0.2) is 5.82 Å².